The molecule has 1 amide bonds. The lowest BCUT2D eigenvalue weighted by atomic mass is 9.92. The van der Waals surface area contributed by atoms with Crippen LogP contribution in [0.5, 0.6) is 0 Å². The Bertz CT molecular complexity index is 651. The number of rotatable bonds is 6. The normalized spacial score (nSPS) is 13.6. The fourth-order valence-electron chi connectivity index (χ4n) is 2.50. The van der Waals surface area contributed by atoms with E-state index in [1.54, 1.807) is 6.92 Å². The van der Waals surface area contributed by atoms with Crippen LogP contribution in [-0.4, -0.2) is 24.9 Å². The van der Waals surface area contributed by atoms with E-state index in [2.05, 4.69) is 16.3 Å². The highest BCUT2D eigenvalue weighted by atomic mass is 16.2. The highest BCUT2D eigenvalue weighted by Gasteiger charge is 2.30. The number of hydrogen-bond acceptors (Lipinski definition) is 3. The third-order valence-corrected chi connectivity index (χ3v) is 3.89. The zero-order valence-electron chi connectivity index (χ0n) is 14.0. The fourth-order valence-corrected chi connectivity index (χ4v) is 2.50. The Morgan fingerprint density at radius 1 is 1.04 bits per heavy atom. The highest BCUT2D eigenvalue weighted by Crippen LogP contribution is 2.18. The van der Waals surface area contributed by atoms with Crippen molar-refractivity contribution in [3.63, 3.8) is 0 Å². The van der Waals surface area contributed by atoms with Gasteiger partial charge in [0.25, 0.3) is 0 Å². The van der Waals surface area contributed by atoms with Gasteiger partial charge in [-0.15, -0.1) is 0 Å². The number of nitrogens with zero attached hydrogens (tertiary/aromatic N) is 1. The van der Waals surface area contributed by atoms with Crippen LogP contribution in [0.1, 0.15) is 23.6 Å². The molecular formula is C19H25N3O. The van der Waals surface area contributed by atoms with Gasteiger partial charge in [0.15, 0.2) is 0 Å². The predicted octanol–water partition coefficient (Wildman–Crippen LogP) is 2.24. The molecule has 0 aromatic heterocycles. The molecule has 2 aromatic rings. The molecule has 4 heteroatoms. The largest absolute Gasteiger partial charge is 0.350 e. The maximum atomic E-state index is 12.5. The highest BCUT2D eigenvalue weighted by molar-refractivity contribution is 5.86. The Morgan fingerprint density at radius 3 is 2.22 bits per heavy atom. The van der Waals surface area contributed by atoms with Gasteiger partial charge in [-0.1, -0.05) is 54.6 Å². The third-order valence-electron chi connectivity index (χ3n) is 3.89. The van der Waals surface area contributed by atoms with Crippen molar-refractivity contribution >= 4 is 5.91 Å². The van der Waals surface area contributed by atoms with E-state index >= 15 is 0 Å². The lowest BCUT2D eigenvalue weighted by molar-refractivity contribution is -0.126. The lowest BCUT2D eigenvalue weighted by Crippen LogP contribution is -2.48. The fraction of sp³-hybridized carbons (Fsp3) is 0.316. The van der Waals surface area contributed by atoms with Crippen LogP contribution in [0.4, 0.5) is 0 Å². The molecule has 1 unspecified atom stereocenters. The maximum Gasteiger partial charge on any atom is 0.244 e. The molecule has 0 aliphatic carbocycles. The first-order valence-corrected chi connectivity index (χ1v) is 7.75. The average Bonchev–Trinajstić information content (AvgIpc) is 2.54. The van der Waals surface area contributed by atoms with Crippen molar-refractivity contribution in [2.75, 3.05) is 14.1 Å². The number of carbonyl (C=O) groups excluding carboxylic acids is 1. The second-order valence-electron chi connectivity index (χ2n) is 6.26. The van der Waals surface area contributed by atoms with Crippen molar-refractivity contribution in [2.24, 2.45) is 5.73 Å². The smallest absolute Gasteiger partial charge is 0.244 e. The van der Waals surface area contributed by atoms with Gasteiger partial charge < -0.3 is 16.0 Å². The van der Waals surface area contributed by atoms with E-state index in [0.29, 0.717) is 6.54 Å². The summed E-state index contributed by atoms with van der Waals surface area (Å²) in [6.45, 7) is 3.05. The monoisotopic (exact) mass is 311 g/mol. The first-order chi connectivity index (χ1) is 10.9. The molecule has 0 bridgehead atoms. The van der Waals surface area contributed by atoms with Crippen LogP contribution in [-0.2, 0) is 23.4 Å². The summed E-state index contributed by atoms with van der Waals surface area (Å²) in [5, 5.41) is 2.97. The van der Waals surface area contributed by atoms with E-state index in [0.717, 1.165) is 17.7 Å². The number of nitrogens with two attached hydrogens (primary N) is 1. The summed E-state index contributed by atoms with van der Waals surface area (Å²) in [7, 11) is 4.06. The topological polar surface area (TPSA) is 58.4 Å². The lowest BCUT2D eigenvalue weighted by Gasteiger charge is -2.24. The summed E-state index contributed by atoms with van der Waals surface area (Å²) in [6, 6.07) is 17.6. The van der Waals surface area contributed by atoms with Crippen molar-refractivity contribution in [1.82, 2.24) is 10.2 Å². The molecule has 0 saturated carbocycles. The van der Waals surface area contributed by atoms with Crippen molar-refractivity contribution in [1.29, 1.82) is 0 Å². The average molecular weight is 311 g/mol. The minimum absolute atomic E-state index is 0.177. The van der Waals surface area contributed by atoms with Crippen LogP contribution in [0.15, 0.2) is 54.6 Å². The van der Waals surface area contributed by atoms with Gasteiger partial charge >= 0.3 is 0 Å². The Kier molecular flexibility index (Phi) is 5.53. The summed E-state index contributed by atoms with van der Waals surface area (Å²) in [4.78, 5) is 14.6. The minimum atomic E-state index is -1.04. The molecule has 2 rings (SSSR count). The van der Waals surface area contributed by atoms with Gasteiger partial charge in [0.1, 0.15) is 5.54 Å². The van der Waals surface area contributed by atoms with Crippen LogP contribution in [0.3, 0.4) is 0 Å². The van der Waals surface area contributed by atoms with Gasteiger partial charge in [-0.2, -0.15) is 0 Å². The molecule has 0 spiro atoms. The molecule has 23 heavy (non-hydrogen) atoms. The standard InChI is InChI=1S/C19H25N3O/c1-19(20,17-11-5-4-6-12-17)18(23)21-13-15-9-7-8-10-16(15)14-22(2)3/h4-12H,13-14,20H2,1-3H3,(H,21,23). The first kappa shape index (κ1) is 17.2. The molecule has 0 saturated heterocycles. The summed E-state index contributed by atoms with van der Waals surface area (Å²) in [5.41, 5.74) is 8.32. The summed E-state index contributed by atoms with van der Waals surface area (Å²) in [5.74, 6) is -0.177. The summed E-state index contributed by atoms with van der Waals surface area (Å²) >= 11 is 0. The first-order valence-electron chi connectivity index (χ1n) is 7.75. The van der Waals surface area contributed by atoms with Crippen molar-refractivity contribution in [3.8, 4) is 0 Å². The van der Waals surface area contributed by atoms with Crippen LogP contribution < -0.4 is 11.1 Å². The molecule has 0 aliphatic rings. The molecule has 122 valence electrons. The Morgan fingerprint density at radius 2 is 1.61 bits per heavy atom. The second-order valence-corrected chi connectivity index (χ2v) is 6.26. The van der Waals surface area contributed by atoms with Crippen LogP contribution in [0.25, 0.3) is 0 Å². The van der Waals surface area contributed by atoms with Crippen molar-refractivity contribution < 1.29 is 4.79 Å². The molecule has 0 fully saturated rings. The van der Waals surface area contributed by atoms with Crippen LogP contribution in [0.2, 0.25) is 0 Å². The zero-order chi connectivity index (χ0) is 16.9. The van der Waals surface area contributed by atoms with E-state index in [1.165, 1.54) is 5.56 Å². The second kappa shape index (κ2) is 7.40. The van der Waals surface area contributed by atoms with Crippen molar-refractivity contribution in [3.05, 3.63) is 71.3 Å². The number of benzene rings is 2. The molecule has 3 N–H and O–H groups in total. The number of carbonyl (C=O) groups is 1. The summed E-state index contributed by atoms with van der Waals surface area (Å²) < 4.78 is 0. The Labute approximate surface area is 138 Å². The zero-order valence-corrected chi connectivity index (χ0v) is 14.0. The maximum absolute atomic E-state index is 12.5. The van der Waals surface area contributed by atoms with E-state index in [9.17, 15) is 4.79 Å². The van der Waals surface area contributed by atoms with E-state index < -0.39 is 5.54 Å². The SMILES string of the molecule is CN(C)Cc1ccccc1CNC(=O)C(C)(N)c1ccccc1. The number of hydrogen-bond donors (Lipinski definition) is 2. The molecular weight excluding hydrogens is 286 g/mol. The van der Waals surface area contributed by atoms with Gasteiger partial charge in [-0.05, 0) is 37.7 Å². The molecule has 4 nitrogen and oxygen atoms in total. The predicted molar refractivity (Wildman–Crippen MR) is 93.7 cm³/mol. The van der Waals surface area contributed by atoms with Crippen LogP contribution in [0, 0.1) is 0 Å². The van der Waals surface area contributed by atoms with E-state index in [1.807, 2.05) is 62.6 Å². The number of nitrogens with one attached hydrogen (secondary N) is 1. The van der Waals surface area contributed by atoms with Crippen LogP contribution >= 0.6 is 0 Å². The molecule has 1 atom stereocenters. The molecule has 0 aliphatic heterocycles. The Hall–Kier alpha value is -2.17. The summed E-state index contributed by atoms with van der Waals surface area (Å²) in [6.07, 6.45) is 0. The number of amides is 1. The molecule has 2 aromatic carbocycles. The molecule has 0 heterocycles. The molecule has 0 radical (unpaired) electrons. The third kappa shape index (κ3) is 4.41. The van der Waals surface area contributed by atoms with Gasteiger partial charge in [0.2, 0.25) is 5.91 Å². The minimum Gasteiger partial charge on any atom is -0.350 e. The van der Waals surface area contributed by atoms with Gasteiger partial charge in [0, 0.05) is 13.1 Å². The van der Waals surface area contributed by atoms with E-state index in [4.69, 9.17) is 5.73 Å². The Balaban J connectivity index is 2.08. The van der Waals surface area contributed by atoms with Crippen molar-refractivity contribution in [2.45, 2.75) is 25.6 Å². The van der Waals surface area contributed by atoms with Gasteiger partial charge in [-0.25, -0.2) is 0 Å². The van der Waals surface area contributed by atoms with Gasteiger partial charge in [0.05, 0.1) is 0 Å². The van der Waals surface area contributed by atoms with E-state index in [-0.39, 0.29) is 5.91 Å². The van der Waals surface area contributed by atoms with Gasteiger partial charge in [-0.3, -0.25) is 4.79 Å². The quantitative estimate of drug-likeness (QED) is 0.860.